The number of carbonyl (C=O) groups is 2. The van der Waals surface area contributed by atoms with E-state index in [1.807, 2.05) is 42.5 Å². The summed E-state index contributed by atoms with van der Waals surface area (Å²) in [5, 5.41) is 5.99. The maximum absolute atomic E-state index is 12.5. The van der Waals surface area contributed by atoms with Crippen LogP contribution in [0.1, 0.15) is 53.0 Å². The Morgan fingerprint density at radius 2 is 1.76 bits per heavy atom. The van der Waals surface area contributed by atoms with E-state index in [1.165, 1.54) is 5.56 Å². The summed E-state index contributed by atoms with van der Waals surface area (Å²) in [6.07, 6.45) is 2.23. The highest BCUT2D eigenvalue weighted by molar-refractivity contribution is 7.17. The molecule has 34 heavy (non-hydrogen) atoms. The van der Waals surface area contributed by atoms with Gasteiger partial charge in [0.05, 0.1) is 11.9 Å². The molecule has 0 bridgehead atoms. The van der Waals surface area contributed by atoms with E-state index in [9.17, 15) is 9.59 Å². The average molecular weight is 475 g/mol. The van der Waals surface area contributed by atoms with Crippen LogP contribution in [0.5, 0.6) is 0 Å². The normalized spacial score (nSPS) is 10.9. The first-order valence-electron chi connectivity index (χ1n) is 11.1. The van der Waals surface area contributed by atoms with Gasteiger partial charge in [0.1, 0.15) is 4.88 Å². The van der Waals surface area contributed by atoms with Crippen LogP contribution in [-0.4, -0.2) is 21.8 Å². The minimum atomic E-state index is -0.254. The third-order valence-electron chi connectivity index (χ3n) is 5.26. The zero-order valence-corrected chi connectivity index (χ0v) is 20.1. The van der Waals surface area contributed by atoms with Gasteiger partial charge in [-0.1, -0.05) is 67.6 Å². The smallest absolute Gasteiger partial charge is 0.267 e. The summed E-state index contributed by atoms with van der Waals surface area (Å²) in [6, 6.07) is 17.4. The lowest BCUT2D eigenvalue weighted by molar-refractivity contribution is -0.116. The van der Waals surface area contributed by atoms with Crippen molar-refractivity contribution in [2.75, 3.05) is 10.6 Å². The van der Waals surface area contributed by atoms with Crippen molar-refractivity contribution in [1.82, 2.24) is 9.97 Å². The Morgan fingerprint density at radius 1 is 1.03 bits per heavy atom. The standard InChI is InChI=1S/C26H26N4O3S/c1-16(2)18-9-11-19(12-10-18)21-15-27-23(33-21)14-13-22(31)30-26-28-17(3)24(34-26)25(32)29-20-7-5-4-6-8-20/h4-12,15-16H,13-14H2,1-3H3,(H,29,32)(H,28,30,31). The van der Waals surface area contributed by atoms with Crippen LogP contribution in [0.15, 0.2) is 65.2 Å². The number of thiazole rings is 1. The molecule has 0 atom stereocenters. The van der Waals surface area contributed by atoms with Gasteiger partial charge in [-0.2, -0.15) is 0 Å². The van der Waals surface area contributed by atoms with Crippen LogP contribution in [0.3, 0.4) is 0 Å². The first-order valence-corrected chi connectivity index (χ1v) is 11.9. The summed E-state index contributed by atoms with van der Waals surface area (Å²) in [6.45, 7) is 6.05. The molecule has 4 aromatic rings. The minimum absolute atomic E-state index is 0.191. The summed E-state index contributed by atoms with van der Waals surface area (Å²) >= 11 is 1.15. The second-order valence-corrected chi connectivity index (χ2v) is 9.20. The van der Waals surface area contributed by atoms with Crippen LogP contribution in [0.2, 0.25) is 0 Å². The van der Waals surface area contributed by atoms with Gasteiger partial charge in [-0.05, 0) is 30.5 Å². The van der Waals surface area contributed by atoms with Crippen molar-refractivity contribution in [1.29, 1.82) is 0 Å². The molecule has 7 nitrogen and oxygen atoms in total. The lowest BCUT2D eigenvalue weighted by atomic mass is 10.0. The second kappa shape index (κ2) is 10.4. The number of para-hydroxylation sites is 1. The first-order chi connectivity index (χ1) is 16.4. The van der Waals surface area contributed by atoms with Gasteiger partial charge in [0, 0.05) is 24.1 Å². The number of nitrogens with zero attached hydrogens (tertiary/aromatic N) is 2. The molecule has 0 saturated carbocycles. The molecular weight excluding hydrogens is 448 g/mol. The number of anilines is 2. The number of aryl methyl sites for hydroxylation is 2. The molecule has 0 fully saturated rings. The Hall–Kier alpha value is -3.78. The molecular formula is C26H26N4O3S. The van der Waals surface area contributed by atoms with E-state index in [1.54, 1.807) is 13.1 Å². The Balaban J connectivity index is 1.31. The highest BCUT2D eigenvalue weighted by Crippen LogP contribution is 2.25. The summed E-state index contributed by atoms with van der Waals surface area (Å²) in [4.78, 5) is 34.0. The van der Waals surface area contributed by atoms with Crippen LogP contribution in [-0.2, 0) is 11.2 Å². The number of hydrogen-bond acceptors (Lipinski definition) is 6. The lowest BCUT2D eigenvalue weighted by Crippen LogP contribution is -2.12. The van der Waals surface area contributed by atoms with E-state index in [0.29, 0.717) is 45.4 Å². The molecule has 0 aliphatic heterocycles. The molecule has 0 unspecified atom stereocenters. The summed E-state index contributed by atoms with van der Waals surface area (Å²) in [5.74, 6) is 1.17. The predicted octanol–water partition coefficient (Wildman–Crippen LogP) is 6.05. The van der Waals surface area contributed by atoms with E-state index in [2.05, 4.69) is 46.6 Å². The molecule has 174 valence electrons. The largest absolute Gasteiger partial charge is 0.441 e. The van der Waals surface area contributed by atoms with Crippen LogP contribution >= 0.6 is 11.3 Å². The fraction of sp³-hybridized carbons (Fsp3) is 0.231. The third-order valence-corrected chi connectivity index (χ3v) is 6.33. The van der Waals surface area contributed by atoms with Gasteiger partial charge in [-0.25, -0.2) is 9.97 Å². The van der Waals surface area contributed by atoms with E-state index >= 15 is 0 Å². The van der Waals surface area contributed by atoms with Crippen molar-refractivity contribution >= 4 is 34.0 Å². The summed E-state index contributed by atoms with van der Waals surface area (Å²) < 4.78 is 5.82. The summed E-state index contributed by atoms with van der Waals surface area (Å²) in [5.41, 5.74) is 3.48. The van der Waals surface area contributed by atoms with E-state index < -0.39 is 0 Å². The van der Waals surface area contributed by atoms with Gasteiger partial charge in [0.2, 0.25) is 5.91 Å². The van der Waals surface area contributed by atoms with Crippen molar-refractivity contribution in [3.8, 4) is 11.3 Å². The second-order valence-electron chi connectivity index (χ2n) is 8.20. The van der Waals surface area contributed by atoms with Crippen LogP contribution < -0.4 is 10.6 Å². The van der Waals surface area contributed by atoms with Gasteiger partial charge in [0.25, 0.3) is 5.91 Å². The van der Waals surface area contributed by atoms with Crippen molar-refractivity contribution in [2.24, 2.45) is 0 Å². The Labute approximate surface area is 202 Å². The fourth-order valence-electron chi connectivity index (χ4n) is 3.36. The number of carbonyl (C=O) groups excluding carboxylic acids is 2. The Morgan fingerprint density at radius 3 is 2.47 bits per heavy atom. The van der Waals surface area contributed by atoms with Gasteiger partial charge >= 0.3 is 0 Å². The van der Waals surface area contributed by atoms with Crippen LogP contribution in [0.25, 0.3) is 11.3 Å². The molecule has 0 radical (unpaired) electrons. The molecule has 0 saturated heterocycles. The average Bonchev–Trinajstić information content (AvgIpc) is 3.45. The number of benzene rings is 2. The predicted molar refractivity (Wildman–Crippen MR) is 134 cm³/mol. The first kappa shape index (κ1) is 23.4. The number of amides is 2. The molecule has 4 rings (SSSR count). The van der Waals surface area contributed by atoms with Crippen molar-refractivity contribution in [2.45, 2.75) is 39.5 Å². The Bertz CT molecular complexity index is 1280. The number of nitrogens with one attached hydrogen (secondary N) is 2. The topological polar surface area (TPSA) is 97.1 Å². The molecule has 2 aromatic heterocycles. The van der Waals surface area contributed by atoms with E-state index in [0.717, 1.165) is 16.9 Å². The monoisotopic (exact) mass is 474 g/mol. The maximum Gasteiger partial charge on any atom is 0.267 e. The van der Waals surface area contributed by atoms with E-state index in [-0.39, 0.29) is 18.2 Å². The lowest BCUT2D eigenvalue weighted by Gasteiger charge is -2.05. The van der Waals surface area contributed by atoms with Gasteiger partial charge in [-0.15, -0.1) is 0 Å². The van der Waals surface area contributed by atoms with Gasteiger partial charge < -0.3 is 15.1 Å². The third kappa shape index (κ3) is 5.77. The molecule has 2 heterocycles. The SMILES string of the molecule is Cc1nc(NC(=O)CCc2ncc(-c3ccc(C(C)C)cc3)o2)sc1C(=O)Nc1ccccc1. The van der Waals surface area contributed by atoms with Crippen LogP contribution in [0.4, 0.5) is 10.8 Å². The number of oxazole rings is 1. The molecule has 0 aliphatic rings. The molecule has 2 amide bonds. The van der Waals surface area contributed by atoms with Crippen molar-refractivity contribution in [3.63, 3.8) is 0 Å². The maximum atomic E-state index is 12.5. The zero-order valence-electron chi connectivity index (χ0n) is 19.3. The molecule has 2 N–H and O–H groups in total. The molecule has 0 spiro atoms. The Kier molecular flexibility index (Phi) is 7.18. The van der Waals surface area contributed by atoms with Crippen molar-refractivity contribution < 1.29 is 14.0 Å². The highest BCUT2D eigenvalue weighted by Gasteiger charge is 2.17. The quantitative estimate of drug-likeness (QED) is 0.324. The number of rotatable bonds is 8. The fourth-order valence-corrected chi connectivity index (χ4v) is 4.24. The zero-order chi connectivity index (χ0) is 24.1. The minimum Gasteiger partial charge on any atom is -0.441 e. The molecule has 0 aliphatic carbocycles. The number of aromatic nitrogens is 2. The highest BCUT2D eigenvalue weighted by atomic mass is 32.1. The van der Waals surface area contributed by atoms with Gasteiger partial charge in [-0.3, -0.25) is 9.59 Å². The van der Waals surface area contributed by atoms with Gasteiger partial charge in [0.15, 0.2) is 16.8 Å². The van der Waals surface area contributed by atoms with E-state index in [4.69, 9.17) is 4.42 Å². The molecule has 8 heteroatoms. The molecule has 2 aromatic carbocycles. The van der Waals surface area contributed by atoms with Crippen LogP contribution in [0, 0.1) is 6.92 Å². The number of hydrogen-bond donors (Lipinski definition) is 2. The van der Waals surface area contributed by atoms with Crippen molar-refractivity contribution in [3.05, 3.63) is 82.8 Å². The summed E-state index contributed by atoms with van der Waals surface area (Å²) in [7, 11) is 0.